The van der Waals surface area contributed by atoms with Gasteiger partial charge in [-0.15, -0.1) is 11.8 Å². The van der Waals surface area contributed by atoms with Gasteiger partial charge in [-0.3, -0.25) is 14.5 Å². The maximum atomic E-state index is 12.3. The van der Waals surface area contributed by atoms with E-state index in [4.69, 9.17) is 22.4 Å². The molecule has 2 aliphatic heterocycles. The van der Waals surface area contributed by atoms with Crippen LogP contribution in [0.3, 0.4) is 0 Å². The normalized spacial score (nSPS) is 23.2. The minimum Gasteiger partial charge on any atom is -0.506 e. The summed E-state index contributed by atoms with van der Waals surface area (Å²) in [6, 6.07) is 2.24. The molecule has 2 amide bonds. The molecule has 132 valence electrons. The van der Waals surface area contributed by atoms with Crippen molar-refractivity contribution in [3.05, 3.63) is 40.6 Å². The molecular weight excluding hydrogens is 370 g/mol. The summed E-state index contributed by atoms with van der Waals surface area (Å²) >= 11 is 7.16. The fraction of sp³-hybridized carbons (Fsp3) is 0.267. The van der Waals surface area contributed by atoms with E-state index in [0.717, 1.165) is 4.90 Å². The van der Waals surface area contributed by atoms with E-state index in [1.54, 1.807) is 0 Å². The van der Waals surface area contributed by atoms with Gasteiger partial charge in [0.25, 0.3) is 5.91 Å². The molecule has 5 N–H and O–H groups in total. The first-order valence-corrected chi connectivity index (χ1v) is 8.66. The summed E-state index contributed by atoms with van der Waals surface area (Å²) < 4.78 is 0. The summed E-state index contributed by atoms with van der Waals surface area (Å²) in [5, 5.41) is 20.7. The maximum absolute atomic E-state index is 12.3. The van der Waals surface area contributed by atoms with Gasteiger partial charge in [0.1, 0.15) is 28.9 Å². The third-order valence-electron chi connectivity index (χ3n) is 3.98. The predicted octanol–water partition coefficient (Wildman–Crippen LogP) is 0.414. The van der Waals surface area contributed by atoms with Crippen LogP contribution in [-0.2, 0) is 14.4 Å². The lowest BCUT2D eigenvalue weighted by Crippen LogP contribution is -2.70. The van der Waals surface area contributed by atoms with Crippen molar-refractivity contribution in [1.29, 1.82) is 0 Å². The Hall–Kier alpha value is -2.23. The average molecular weight is 384 g/mol. The second-order valence-corrected chi connectivity index (χ2v) is 7.06. The number of carboxylic acid groups (broad SMARTS) is 1. The van der Waals surface area contributed by atoms with Crippen LogP contribution in [0, 0.1) is 0 Å². The number of thioether (sulfide) groups is 1. The fourth-order valence-electron chi connectivity index (χ4n) is 2.65. The van der Waals surface area contributed by atoms with Crippen molar-refractivity contribution in [3.63, 3.8) is 0 Å². The first-order chi connectivity index (χ1) is 11.8. The number of hydrogen-bond acceptors (Lipinski definition) is 6. The molecule has 1 aromatic rings. The van der Waals surface area contributed by atoms with Crippen molar-refractivity contribution in [1.82, 2.24) is 10.2 Å². The number of aromatic hydroxyl groups is 1. The van der Waals surface area contributed by atoms with E-state index in [2.05, 4.69) is 5.32 Å². The van der Waals surface area contributed by atoms with Gasteiger partial charge in [-0.25, -0.2) is 4.79 Å². The molecule has 2 aliphatic rings. The summed E-state index contributed by atoms with van der Waals surface area (Å²) in [5.74, 6) is -1.96. The number of β-lactam (4-membered cyclic amide) rings is 1. The Balaban J connectivity index is 1.70. The van der Waals surface area contributed by atoms with E-state index in [1.165, 1.54) is 36.0 Å². The lowest BCUT2D eigenvalue weighted by atomic mass is 10.0. The molecule has 1 aromatic carbocycles. The Morgan fingerprint density at radius 2 is 2.16 bits per heavy atom. The molecule has 0 aliphatic carbocycles. The third kappa shape index (κ3) is 3.06. The van der Waals surface area contributed by atoms with Crippen molar-refractivity contribution >= 4 is 41.1 Å². The monoisotopic (exact) mass is 383 g/mol. The van der Waals surface area contributed by atoms with Crippen molar-refractivity contribution in [2.75, 3.05) is 5.75 Å². The van der Waals surface area contributed by atoms with Crippen LogP contribution in [-0.4, -0.2) is 50.1 Å². The Bertz CT molecular complexity index is 799. The number of benzene rings is 1. The number of carboxylic acids is 1. The van der Waals surface area contributed by atoms with Crippen LogP contribution in [0.4, 0.5) is 0 Å². The van der Waals surface area contributed by atoms with Gasteiger partial charge in [0, 0.05) is 5.75 Å². The number of hydrogen-bond donors (Lipinski definition) is 4. The average Bonchev–Trinajstić information content (AvgIpc) is 2.60. The summed E-state index contributed by atoms with van der Waals surface area (Å²) in [6.07, 6.45) is 1.46. The lowest BCUT2D eigenvalue weighted by Gasteiger charge is -2.48. The molecule has 10 heteroatoms. The zero-order chi connectivity index (χ0) is 18.3. The molecule has 3 rings (SSSR count). The number of halogens is 1. The van der Waals surface area contributed by atoms with Crippen LogP contribution in [0.5, 0.6) is 5.75 Å². The van der Waals surface area contributed by atoms with Crippen LogP contribution in [0.25, 0.3) is 0 Å². The van der Waals surface area contributed by atoms with E-state index >= 15 is 0 Å². The minimum absolute atomic E-state index is 0.0609. The molecule has 1 saturated heterocycles. The number of nitrogens with one attached hydrogen (secondary N) is 1. The fourth-order valence-corrected chi connectivity index (χ4v) is 4.03. The molecule has 0 radical (unpaired) electrons. The van der Waals surface area contributed by atoms with E-state index in [9.17, 15) is 19.5 Å². The number of carbonyl (C=O) groups is 3. The summed E-state index contributed by atoms with van der Waals surface area (Å²) in [7, 11) is 0. The van der Waals surface area contributed by atoms with Crippen molar-refractivity contribution in [3.8, 4) is 5.75 Å². The van der Waals surface area contributed by atoms with Gasteiger partial charge < -0.3 is 21.3 Å². The Morgan fingerprint density at radius 3 is 2.80 bits per heavy atom. The van der Waals surface area contributed by atoms with Gasteiger partial charge >= 0.3 is 5.97 Å². The largest absolute Gasteiger partial charge is 0.506 e. The highest BCUT2D eigenvalue weighted by Crippen LogP contribution is 2.37. The number of carbonyl (C=O) groups excluding carboxylic acids is 2. The van der Waals surface area contributed by atoms with E-state index in [-0.39, 0.29) is 16.5 Å². The molecule has 0 saturated carbocycles. The smallest absolute Gasteiger partial charge is 0.352 e. The number of nitrogens with zero attached hydrogens (tertiary/aromatic N) is 1. The summed E-state index contributed by atoms with van der Waals surface area (Å²) in [6.45, 7) is 0. The third-order valence-corrected chi connectivity index (χ3v) is 5.46. The molecule has 0 spiro atoms. The van der Waals surface area contributed by atoms with Gasteiger partial charge in [-0.2, -0.15) is 0 Å². The number of fused-ring (bicyclic) bond motifs is 1. The highest BCUT2D eigenvalue weighted by molar-refractivity contribution is 8.00. The molecule has 0 bridgehead atoms. The van der Waals surface area contributed by atoms with Crippen LogP contribution in [0.2, 0.25) is 5.02 Å². The highest BCUT2D eigenvalue weighted by atomic mass is 35.5. The second kappa shape index (κ2) is 6.58. The maximum Gasteiger partial charge on any atom is 0.352 e. The van der Waals surface area contributed by atoms with E-state index < -0.39 is 35.2 Å². The first kappa shape index (κ1) is 17.6. The van der Waals surface area contributed by atoms with E-state index in [1.807, 2.05) is 0 Å². The molecular formula is C15H14ClN3O5S. The summed E-state index contributed by atoms with van der Waals surface area (Å²) in [5.41, 5.74) is 6.19. The van der Waals surface area contributed by atoms with Crippen LogP contribution >= 0.6 is 23.4 Å². The zero-order valence-corrected chi connectivity index (χ0v) is 14.3. The number of phenolic OH excluding ortho intramolecular Hbond substituents is 1. The molecule has 8 nitrogen and oxygen atoms in total. The minimum atomic E-state index is -1.18. The van der Waals surface area contributed by atoms with Crippen molar-refractivity contribution in [2.24, 2.45) is 5.73 Å². The number of nitrogens with two attached hydrogens (primary N) is 1. The number of rotatable bonds is 4. The summed E-state index contributed by atoms with van der Waals surface area (Å²) in [4.78, 5) is 36.8. The van der Waals surface area contributed by atoms with Crippen LogP contribution in [0.1, 0.15) is 11.6 Å². The zero-order valence-electron chi connectivity index (χ0n) is 12.7. The number of aliphatic carboxylic acids is 1. The highest BCUT2D eigenvalue weighted by Gasteiger charge is 2.52. The van der Waals surface area contributed by atoms with Gasteiger partial charge in [-0.1, -0.05) is 17.7 Å². The quantitative estimate of drug-likeness (QED) is 0.553. The number of amides is 2. The Morgan fingerprint density at radius 1 is 1.44 bits per heavy atom. The van der Waals surface area contributed by atoms with Crippen molar-refractivity contribution < 1.29 is 24.6 Å². The standard InChI is InChI=1S/C15H14ClN3O5S/c16-7-5-6(1-2-9(7)20)10(17)12(21)18-11-13(22)19-8(15(23)24)3-4-25-14(11)19/h1-3,5,10-11,14,20H,4,17H2,(H,18,21)(H,23,24)/t10?,11?,14-/m0/s1. The van der Waals surface area contributed by atoms with Gasteiger partial charge in [0.05, 0.1) is 5.02 Å². The molecule has 2 heterocycles. The van der Waals surface area contributed by atoms with Gasteiger partial charge in [0.2, 0.25) is 5.91 Å². The molecule has 2 unspecified atom stereocenters. The SMILES string of the molecule is NC(C(=O)NC1C(=O)N2C(C(=O)O)=CCS[C@@H]12)c1ccc(O)c(Cl)c1. The topological polar surface area (TPSA) is 133 Å². The van der Waals surface area contributed by atoms with Gasteiger partial charge in [-0.05, 0) is 23.8 Å². The second-order valence-electron chi connectivity index (χ2n) is 5.50. The first-order valence-electron chi connectivity index (χ1n) is 7.23. The predicted molar refractivity (Wildman–Crippen MR) is 90.8 cm³/mol. The Labute approximate surface area is 151 Å². The number of phenols is 1. The molecule has 25 heavy (non-hydrogen) atoms. The van der Waals surface area contributed by atoms with E-state index in [0.29, 0.717) is 11.3 Å². The van der Waals surface area contributed by atoms with Crippen LogP contribution < -0.4 is 11.1 Å². The lowest BCUT2D eigenvalue weighted by molar-refractivity contribution is -0.150. The van der Waals surface area contributed by atoms with Crippen LogP contribution in [0.15, 0.2) is 30.0 Å². The molecule has 3 atom stereocenters. The molecule has 0 aromatic heterocycles. The molecule has 1 fully saturated rings. The van der Waals surface area contributed by atoms with Gasteiger partial charge in [0.15, 0.2) is 0 Å². The Kier molecular flexibility index (Phi) is 4.63. The van der Waals surface area contributed by atoms with Crippen molar-refractivity contribution in [2.45, 2.75) is 17.5 Å².